The number of nitrogen functional groups attached to an aromatic ring is 1. The van der Waals surface area contributed by atoms with Crippen LogP contribution in [0, 0.1) is 5.92 Å². The summed E-state index contributed by atoms with van der Waals surface area (Å²) in [6, 6.07) is 8.28. The van der Waals surface area contributed by atoms with Crippen molar-refractivity contribution in [3.63, 3.8) is 0 Å². The van der Waals surface area contributed by atoms with Crippen LogP contribution in [-0.2, 0) is 18.4 Å². The lowest BCUT2D eigenvalue weighted by Crippen LogP contribution is -2.23. The molecule has 1 aromatic heterocycles. The fraction of sp³-hybridized carbons (Fsp3) is 0.500. The normalized spacial score (nSPS) is 23.4. The molecule has 2 aromatic rings. The molecule has 1 saturated carbocycles. The van der Waals surface area contributed by atoms with E-state index in [2.05, 4.69) is 33.8 Å². The minimum Gasteiger partial charge on any atom is -0.399 e. The van der Waals surface area contributed by atoms with Crippen molar-refractivity contribution in [2.75, 3.05) is 5.73 Å². The van der Waals surface area contributed by atoms with Gasteiger partial charge in [-0.1, -0.05) is 19.1 Å². The molecule has 4 heteroatoms. The fourth-order valence-electron chi connectivity index (χ4n) is 3.41. The lowest BCUT2D eigenvalue weighted by Gasteiger charge is -2.23. The summed E-state index contributed by atoms with van der Waals surface area (Å²) in [4.78, 5) is 0. The molecule has 4 rings (SSSR count). The third kappa shape index (κ3) is 1.67. The number of aromatic nitrogens is 3. The predicted octanol–water partition coefficient (Wildman–Crippen LogP) is 2.52. The van der Waals surface area contributed by atoms with Crippen LogP contribution in [0.15, 0.2) is 24.3 Å². The number of fused-ring (bicyclic) bond motifs is 1. The topological polar surface area (TPSA) is 56.7 Å². The van der Waals surface area contributed by atoms with Crippen molar-refractivity contribution in [2.24, 2.45) is 5.92 Å². The van der Waals surface area contributed by atoms with Gasteiger partial charge in [0.05, 0.1) is 5.41 Å². The average molecular weight is 268 g/mol. The van der Waals surface area contributed by atoms with Gasteiger partial charge in [0, 0.05) is 18.7 Å². The van der Waals surface area contributed by atoms with E-state index in [1.54, 1.807) is 0 Å². The van der Waals surface area contributed by atoms with Crippen molar-refractivity contribution in [2.45, 2.75) is 44.6 Å². The summed E-state index contributed by atoms with van der Waals surface area (Å²) in [5.41, 5.74) is 8.05. The second-order valence-corrected chi connectivity index (χ2v) is 6.39. The second kappa shape index (κ2) is 4.08. The van der Waals surface area contributed by atoms with Gasteiger partial charge >= 0.3 is 0 Å². The van der Waals surface area contributed by atoms with Crippen LogP contribution in [0.1, 0.15) is 43.4 Å². The Labute approximate surface area is 119 Å². The maximum absolute atomic E-state index is 5.80. The highest BCUT2D eigenvalue weighted by atomic mass is 15.3. The van der Waals surface area contributed by atoms with E-state index in [1.807, 2.05) is 12.1 Å². The number of benzene rings is 1. The highest BCUT2D eigenvalue weighted by molar-refractivity contribution is 5.46. The molecule has 4 nitrogen and oxygen atoms in total. The maximum Gasteiger partial charge on any atom is 0.143 e. The fourth-order valence-corrected chi connectivity index (χ4v) is 3.41. The van der Waals surface area contributed by atoms with Crippen LogP contribution in [0.4, 0.5) is 5.69 Å². The van der Waals surface area contributed by atoms with E-state index in [0.29, 0.717) is 0 Å². The molecule has 0 saturated heterocycles. The molecule has 1 unspecified atom stereocenters. The highest BCUT2D eigenvalue weighted by Crippen LogP contribution is 2.53. The molecular weight excluding hydrogens is 248 g/mol. The first kappa shape index (κ1) is 11.9. The summed E-state index contributed by atoms with van der Waals surface area (Å²) < 4.78 is 2.36. The molecule has 20 heavy (non-hydrogen) atoms. The number of anilines is 1. The van der Waals surface area contributed by atoms with Crippen LogP contribution < -0.4 is 5.73 Å². The third-order valence-corrected chi connectivity index (χ3v) is 4.85. The van der Waals surface area contributed by atoms with Crippen molar-refractivity contribution in [1.82, 2.24) is 14.8 Å². The van der Waals surface area contributed by atoms with Crippen LogP contribution in [0.3, 0.4) is 0 Å². The summed E-state index contributed by atoms with van der Waals surface area (Å²) in [6.45, 7) is 3.36. The highest BCUT2D eigenvalue weighted by Gasteiger charge is 2.50. The van der Waals surface area contributed by atoms with E-state index >= 15 is 0 Å². The van der Waals surface area contributed by atoms with Gasteiger partial charge in [-0.3, -0.25) is 0 Å². The van der Waals surface area contributed by atoms with Crippen molar-refractivity contribution < 1.29 is 0 Å². The minimum atomic E-state index is 0.0968. The van der Waals surface area contributed by atoms with Crippen molar-refractivity contribution >= 4 is 5.69 Å². The molecule has 1 aliphatic heterocycles. The van der Waals surface area contributed by atoms with Gasteiger partial charge < -0.3 is 10.3 Å². The molecule has 1 aliphatic carbocycles. The zero-order valence-corrected chi connectivity index (χ0v) is 11.8. The molecule has 0 radical (unpaired) electrons. The zero-order chi connectivity index (χ0) is 13.7. The molecule has 0 spiro atoms. The van der Waals surface area contributed by atoms with Gasteiger partial charge in [0.1, 0.15) is 11.6 Å². The molecule has 2 aliphatic rings. The van der Waals surface area contributed by atoms with Crippen LogP contribution in [0.25, 0.3) is 0 Å². The van der Waals surface area contributed by atoms with Crippen LogP contribution >= 0.6 is 0 Å². The Kier molecular flexibility index (Phi) is 2.43. The Bertz CT molecular complexity index is 637. The van der Waals surface area contributed by atoms with E-state index in [-0.39, 0.29) is 5.41 Å². The van der Waals surface area contributed by atoms with Crippen molar-refractivity contribution in [3.05, 3.63) is 41.5 Å². The molecule has 1 atom stereocenters. The first-order valence-electron chi connectivity index (χ1n) is 7.48. The molecule has 2 heterocycles. The number of nitrogens with two attached hydrogens (primary N) is 1. The Morgan fingerprint density at radius 3 is 2.65 bits per heavy atom. The third-order valence-electron chi connectivity index (χ3n) is 4.85. The van der Waals surface area contributed by atoms with Gasteiger partial charge in [0.25, 0.3) is 0 Å². The summed E-state index contributed by atoms with van der Waals surface area (Å²) in [7, 11) is 0. The Hall–Kier alpha value is -1.84. The number of hydrogen-bond acceptors (Lipinski definition) is 3. The van der Waals surface area contributed by atoms with E-state index in [9.17, 15) is 0 Å². The molecule has 2 N–H and O–H groups in total. The number of hydrogen-bond donors (Lipinski definition) is 1. The van der Waals surface area contributed by atoms with Gasteiger partial charge in [-0.15, -0.1) is 10.2 Å². The lowest BCUT2D eigenvalue weighted by molar-refractivity contribution is 0.398. The Balaban J connectivity index is 1.76. The Morgan fingerprint density at radius 2 is 1.95 bits per heavy atom. The van der Waals surface area contributed by atoms with Gasteiger partial charge in [-0.25, -0.2) is 0 Å². The van der Waals surface area contributed by atoms with Gasteiger partial charge in [-0.05, 0) is 42.9 Å². The lowest BCUT2D eigenvalue weighted by atomic mass is 9.93. The molecule has 104 valence electrons. The molecule has 1 aromatic carbocycles. The first-order valence-corrected chi connectivity index (χ1v) is 7.48. The zero-order valence-electron chi connectivity index (χ0n) is 11.8. The molecule has 1 fully saturated rings. The average Bonchev–Trinajstić information content (AvgIpc) is 3.14. The molecular formula is C16H20N4. The van der Waals surface area contributed by atoms with Crippen LogP contribution in [-0.4, -0.2) is 14.8 Å². The number of nitrogens with zero attached hydrogens (tertiary/aromatic N) is 3. The van der Waals surface area contributed by atoms with E-state index in [4.69, 9.17) is 5.73 Å². The molecule has 0 bridgehead atoms. The summed E-state index contributed by atoms with van der Waals surface area (Å²) >= 11 is 0. The van der Waals surface area contributed by atoms with Crippen LogP contribution in [0.2, 0.25) is 0 Å². The van der Waals surface area contributed by atoms with Crippen LogP contribution in [0.5, 0.6) is 0 Å². The largest absolute Gasteiger partial charge is 0.399 e. The SMILES string of the molecule is CC1CCn2c(nnc2C2(c3ccc(N)cc3)CC2)C1. The minimum absolute atomic E-state index is 0.0968. The monoisotopic (exact) mass is 268 g/mol. The summed E-state index contributed by atoms with van der Waals surface area (Å²) in [6.07, 6.45) is 4.63. The summed E-state index contributed by atoms with van der Waals surface area (Å²) in [5, 5.41) is 8.99. The van der Waals surface area contributed by atoms with Crippen molar-refractivity contribution in [3.8, 4) is 0 Å². The first-order chi connectivity index (χ1) is 9.69. The standard InChI is InChI=1S/C16H20N4/c1-11-6-9-20-14(10-11)18-19-15(20)16(7-8-16)12-2-4-13(17)5-3-12/h2-5,11H,6-10,17H2,1H3. The Morgan fingerprint density at radius 1 is 1.20 bits per heavy atom. The molecule has 0 amide bonds. The van der Waals surface area contributed by atoms with E-state index in [1.165, 1.54) is 36.5 Å². The second-order valence-electron chi connectivity index (χ2n) is 6.39. The summed E-state index contributed by atoms with van der Waals surface area (Å²) in [5.74, 6) is 3.07. The maximum atomic E-state index is 5.80. The van der Waals surface area contributed by atoms with Crippen molar-refractivity contribution in [1.29, 1.82) is 0 Å². The van der Waals surface area contributed by atoms with E-state index in [0.717, 1.165) is 24.6 Å². The number of rotatable bonds is 2. The van der Waals surface area contributed by atoms with E-state index < -0.39 is 0 Å². The smallest absolute Gasteiger partial charge is 0.143 e. The quantitative estimate of drug-likeness (QED) is 0.851. The van der Waals surface area contributed by atoms with Gasteiger partial charge in [0.2, 0.25) is 0 Å². The predicted molar refractivity (Wildman–Crippen MR) is 78.4 cm³/mol. The van der Waals surface area contributed by atoms with Gasteiger partial charge in [0.15, 0.2) is 0 Å². The van der Waals surface area contributed by atoms with Gasteiger partial charge in [-0.2, -0.15) is 0 Å².